The molecule has 0 amide bonds. The molecule has 0 radical (unpaired) electrons. The summed E-state index contributed by atoms with van der Waals surface area (Å²) >= 11 is 0. The van der Waals surface area contributed by atoms with Crippen LogP contribution in [0.1, 0.15) is 53.1 Å². The van der Waals surface area contributed by atoms with E-state index in [-0.39, 0.29) is 0 Å². The molecule has 1 aliphatic heterocycles. The summed E-state index contributed by atoms with van der Waals surface area (Å²) < 4.78 is 28.7. The Bertz CT molecular complexity index is 1520. The lowest BCUT2D eigenvalue weighted by Gasteiger charge is -2.21. The van der Waals surface area contributed by atoms with Gasteiger partial charge in [-0.3, -0.25) is 4.98 Å². The van der Waals surface area contributed by atoms with Gasteiger partial charge in [-0.25, -0.2) is 8.42 Å². The van der Waals surface area contributed by atoms with Gasteiger partial charge in [0.1, 0.15) is 0 Å². The van der Waals surface area contributed by atoms with Crippen LogP contribution in [0.25, 0.3) is 22.0 Å². The predicted octanol–water partition coefficient (Wildman–Crippen LogP) is 6.87. The highest BCUT2D eigenvalue weighted by Gasteiger charge is 2.34. The molecule has 5 heteroatoms. The summed E-state index contributed by atoms with van der Waals surface area (Å²) in [7, 11) is -3.58. The molecular weight excluding hydrogens is 452 g/mol. The Morgan fingerprint density at radius 1 is 0.886 bits per heavy atom. The van der Waals surface area contributed by atoms with Crippen LogP contribution in [0.3, 0.4) is 0 Å². The summed E-state index contributed by atoms with van der Waals surface area (Å²) in [6, 6.07) is 17.6. The Kier molecular flexibility index (Phi) is 6.24. The largest absolute Gasteiger partial charge is 0.256 e. The number of fused-ring (bicyclic) bond motifs is 2. The summed E-state index contributed by atoms with van der Waals surface area (Å²) in [4.78, 5) is 5.22. The summed E-state index contributed by atoms with van der Waals surface area (Å²) in [5.74, 6) is 0. The number of benzene rings is 3. The highest BCUT2D eigenvalue weighted by atomic mass is 32.2. The number of rotatable bonds is 6. The molecule has 0 spiro atoms. The molecule has 0 aliphatic carbocycles. The molecule has 0 saturated heterocycles. The fraction of sp³-hybridized carbons (Fsp3) is 0.300. The van der Waals surface area contributed by atoms with Crippen LogP contribution in [0, 0.1) is 20.8 Å². The van der Waals surface area contributed by atoms with Gasteiger partial charge >= 0.3 is 0 Å². The van der Waals surface area contributed by atoms with E-state index in [1.165, 1.54) is 22.1 Å². The second-order valence-electron chi connectivity index (χ2n) is 9.63. The van der Waals surface area contributed by atoms with Gasteiger partial charge < -0.3 is 0 Å². The Labute approximate surface area is 208 Å². The Morgan fingerprint density at radius 2 is 1.57 bits per heavy atom. The van der Waals surface area contributed by atoms with Gasteiger partial charge in [-0.05, 0) is 85.0 Å². The van der Waals surface area contributed by atoms with Crippen molar-refractivity contribution < 1.29 is 8.42 Å². The Hall–Kier alpha value is -3.02. The number of hydrogen-bond acceptors (Lipinski definition) is 3. The quantitative estimate of drug-likeness (QED) is 0.300. The predicted molar refractivity (Wildman–Crippen MR) is 143 cm³/mol. The van der Waals surface area contributed by atoms with Crippen molar-refractivity contribution >= 4 is 20.8 Å². The highest BCUT2D eigenvalue weighted by Crippen LogP contribution is 2.42. The first-order chi connectivity index (χ1) is 16.8. The first-order valence-electron chi connectivity index (χ1n) is 12.4. The van der Waals surface area contributed by atoms with Crippen molar-refractivity contribution in [2.75, 3.05) is 0 Å². The van der Waals surface area contributed by atoms with Gasteiger partial charge in [-0.1, -0.05) is 55.3 Å². The standard InChI is InChI=1S/C30H32N2O2S/c1-5-6-10-25-21(3)27-18-32(35(33,34)24-14-12-20(2)13-15-24)19-28(27)22(4)29(25)30-26-11-8-7-9-23(26)16-17-31-30/h7-9,11-17H,5-6,10,18-19H2,1-4H3. The molecule has 5 rings (SSSR count). The van der Waals surface area contributed by atoms with Gasteiger partial charge in [0.05, 0.1) is 10.6 Å². The van der Waals surface area contributed by atoms with Gasteiger partial charge in [0, 0.05) is 30.2 Å². The summed E-state index contributed by atoms with van der Waals surface area (Å²) in [6.07, 6.45) is 5.03. The van der Waals surface area contributed by atoms with Crippen molar-refractivity contribution in [3.63, 3.8) is 0 Å². The zero-order valence-electron chi connectivity index (χ0n) is 20.9. The fourth-order valence-electron chi connectivity index (χ4n) is 5.37. The molecule has 4 aromatic rings. The molecule has 0 bridgehead atoms. The van der Waals surface area contributed by atoms with E-state index in [0.717, 1.165) is 52.6 Å². The van der Waals surface area contributed by atoms with Crippen molar-refractivity contribution in [1.82, 2.24) is 9.29 Å². The second kappa shape index (κ2) is 9.21. The molecule has 4 nitrogen and oxygen atoms in total. The van der Waals surface area contributed by atoms with Crippen molar-refractivity contribution in [3.8, 4) is 11.3 Å². The molecule has 0 unspecified atom stereocenters. The third-order valence-corrected chi connectivity index (χ3v) is 9.22. The van der Waals surface area contributed by atoms with E-state index in [9.17, 15) is 8.42 Å². The van der Waals surface area contributed by atoms with Crippen LogP contribution in [0.4, 0.5) is 0 Å². The molecule has 35 heavy (non-hydrogen) atoms. The molecule has 2 heterocycles. The Morgan fingerprint density at radius 3 is 2.29 bits per heavy atom. The monoisotopic (exact) mass is 484 g/mol. The molecule has 3 aromatic carbocycles. The van der Waals surface area contributed by atoms with Crippen LogP contribution in [0.15, 0.2) is 65.7 Å². The molecule has 0 atom stereocenters. The smallest absolute Gasteiger partial charge is 0.243 e. The number of unbranched alkanes of at least 4 members (excludes halogenated alkanes) is 1. The minimum atomic E-state index is -3.58. The maximum Gasteiger partial charge on any atom is 0.243 e. The highest BCUT2D eigenvalue weighted by molar-refractivity contribution is 7.89. The average Bonchev–Trinajstić information content (AvgIpc) is 3.33. The Balaban J connectivity index is 1.67. The van der Waals surface area contributed by atoms with Gasteiger partial charge in [0.15, 0.2) is 0 Å². The van der Waals surface area contributed by atoms with E-state index in [0.29, 0.717) is 18.0 Å². The minimum absolute atomic E-state index is 0.355. The van der Waals surface area contributed by atoms with Crippen LogP contribution in [0.2, 0.25) is 0 Å². The lowest BCUT2D eigenvalue weighted by Crippen LogP contribution is -2.25. The van der Waals surface area contributed by atoms with Crippen LogP contribution < -0.4 is 0 Å². The average molecular weight is 485 g/mol. The number of hydrogen-bond donors (Lipinski definition) is 0. The van der Waals surface area contributed by atoms with E-state index in [1.54, 1.807) is 16.4 Å². The van der Waals surface area contributed by atoms with Crippen molar-refractivity contribution in [2.45, 2.75) is 64.9 Å². The summed E-state index contributed by atoms with van der Waals surface area (Å²) in [6.45, 7) is 9.30. The van der Waals surface area contributed by atoms with Crippen molar-refractivity contribution in [3.05, 3.63) is 94.2 Å². The third-order valence-electron chi connectivity index (χ3n) is 7.42. The molecule has 1 aromatic heterocycles. The number of sulfonamides is 1. The maximum absolute atomic E-state index is 13.5. The van der Waals surface area contributed by atoms with Gasteiger partial charge in [0.25, 0.3) is 0 Å². The van der Waals surface area contributed by atoms with E-state index in [2.05, 4.69) is 51.1 Å². The first-order valence-corrected chi connectivity index (χ1v) is 13.8. The van der Waals surface area contributed by atoms with E-state index in [1.807, 2.05) is 25.3 Å². The van der Waals surface area contributed by atoms with E-state index < -0.39 is 10.0 Å². The zero-order valence-corrected chi connectivity index (χ0v) is 21.7. The fourth-order valence-corrected chi connectivity index (χ4v) is 6.75. The van der Waals surface area contributed by atoms with Crippen LogP contribution in [-0.2, 0) is 29.5 Å². The molecular formula is C30H32N2O2S. The van der Waals surface area contributed by atoms with Crippen molar-refractivity contribution in [1.29, 1.82) is 0 Å². The number of aryl methyl sites for hydroxylation is 1. The first kappa shape index (κ1) is 23.7. The summed E-state index contributed by atoms with van der Waals surface area (Å²) in [5, 5.41) is 2.30. The van der Waals surface area contributed by atoms with Crippen molar-refractivity contribution in [2.24, 2.45) is 0 Å². The van der Waals surface area contributed by atoms with E-state index in [4.69, 9.17) is 4.98 Å². The maximum atomic E-state index is 13.5. The second-order valence-corrected chi connectivity index (χ2v) is 11.6. The lowest BCUT2D eigenvalue weighted by atomic mass is 9.84. The molecule has 0 fully saturated rings. The van der Waals surface area contributed by atoms with Gasteiger partial charge in [-0.2, -0.15) is 4.31 Å². The molecule has 0 saturated carbocycles. The molecule has 0 N–H and O–H groups in total. The minimum Gasteiger partial charge on any atom is -0.256 e. The SMILES string of the molecule is CCCCc1c(C)c2c(c(C)c1-c1nccc3ccccc13)CN(S(=O)(=O)c1ccc(C)cc1)C2. The van der Waals surface area contributed by atoms with Crippen LogP contribution >= 0.6 is 0 Å². The third kappa shape index (κ3) is 4.07. The van der Waals surface area contributed by atoms with Gasteiger partial charge in [0.2, 0.25) is 10.0 Å². The van der Waals surface area contributed by atoms with E-state index >= 15 is 0 Å². The van der Waals surface area contributed by atoms with Gasteiger partial charge in [-0.15, -0.1) is 0 Å². The number of aromatic nitrogens is 1. The van der Waals surface area contributed by atoms with Crippen LogP contribution in [-0.4, -0.2) is 17.7 Å². The summed E-state index contributed by atoms with van der Waals surface area (Å²) in [5.41, 5.74) is 9.19. The molecule has 1 aliphatic rings. The van der Waals surface area contributed by atoms with Crippen LogP contribution in [0.5, 0.6) is 0 Å². The number of pyridine rings is 1. The topological polar surface area (TPSA) is 50.3 Å². The molecule has 180 valence electrons. The lowest BCUT2D eigenvalue weighted by molar-refractivity contribution is 0.431. The normalized spacial score (nSPS) is 13.9. The zero-order chi connectivity index (χ0) is 24.7. The number of nitrogens with zero attached hydrogens (tertiary/aromatic N) is 2.